The van der Waals surface area contributed by atoms with E-state index >= 15 is 0 Å². The molecule has 2 aromatic heterocycles. The average Bonchev–Trinajstić information content (AvgIpc) is 3.23. The van der Waals surface area contributed by atoms with Crippen LogP contribution in [-0.2, 0) is 0 Å². The van der Waals surface area contributed by atoms with Crippen LogP contribution in [0.15, 0.2) is 42.9 Å². The Balaban J connectivity index is 1.40. The molecule has 0 N–H and O–H groups in total. The fourth-order valence-corrected chi connectivity index (χ4v) is 4.15. The summed E-state index contributed by atoms with van der Waals surface area (Å²) in [7, 11) is 0. The van der Waals surface area contributed by atoms with Crippen LogP contribution < -0.4 is 4.90 Å². The predicted molar refractivity (Wildman–Crippen MR) is 103 cm³/mol. The van der Waals surface area contributed by atoms with Gasteiger partial charge in [-0.15, -0.1) is 0 Å². The molecule has 0 spiro atoms. The standard InChI is InChI=1S/C20H20FN7O/c1-13-4-6-22-20(25-13)26-9-5-14-11-27(18(14)12-26)19(29)16-10-15(21)2-3-17(16)28-23-7-8-24-28/h2-4,6-8,10,14,18H,5,9,11-12H2,1H3. The number of anilines is 1. The Labute approximate surface area is 167 Å². The molecule has 3 aromatic rings. The number of carbonyl (C=O) groups is 1. The fourth-order valence-electron chi connectivity index (χ4n) is 4.15. The lowest BCUT2D eigenvalue weighted by Gasteiger charge is -2.53. The largest absolute Gasteiger partial charge is 0.339 e. The highest BCUT2D eigenvalue weighted by atomic mass is 19.1. The second kappa shape index (κ2) is 6.91. The van der Waals surface area contributed by atoms with Crippen LogP contribution in [0.4, 0.5) is 10.3 Å². The molecule has 0 bridgehead atoms. The fraction of sp³-hybridized carbons (Fsp3) is 0.350. The molecule has 2 aliphatic rings. The number of amides is 1. The van der Waals surface area contributed by atoms with Crippen molar-refractivity contribution in [3.05, 3.63) is 59.9 Å². The van der Waals surface area contributed by atoms with E-state index < -0.39 is 5.82 Å². The zero-order valence-electron chi connectivity index (χ0n) is 15.9. The molecule has 9 heteroatoms. The lowest BCUT2D eigenvalue weighted by Crippen LogP contribution is -2.66. The number of aromatic nitrogens is 5. The van der Waals surface area contributed by atoms with E-state index in [1.807, 2.05) is 17.9 Å². The van der Waals surface area contributed by atoms with Gasteiger partial charge in [-0.1, -0.05) is 0 Å². The van der Waals surface area contributed by atoms with Crippen molar-refractivity contribution >= 4 is 11.9 Å². The number of hydrogen-bond acceptors (Lipinski definition) is 6. The first kappa shape index (κ1) is 17.7. The van der Waals surface area contributed by atoms with Gasteiger partial charge in [-0.25, -0.2) is 14.4 Å². The maximum atomic E-state index is 13.9. The normalized spacial score (nSPS) is 20.9. The second-order valence-electron chi connectivity index (χ2n) is 7.50. The van der Waals surface area contributed by atoms with Gasteiger partial charge in [0.05, 0.1) is 29.7 Å². The quantitative estimate of drug-likeness (QED) is 0.676. The Hall–Kier alpha value is -3.36. The van der Waals surface area contributed by atoms with E-state index in [0.29, 0.717) is 30.6 Å². The number of benzene rings is 1. The Morgan fingerprint density at radius 2 is 1.97 bits per heavy atom. The Morgan fingerprint density at radius 3 is 2.76 bits per heavy atom. The minimum atomic E-state index is -0.459. The molecule has 2 aliphatic heterocycles. The third kappa shape index (κ3) is 3.12. The lowest BCUT2D eigenvalue weighted by molar-refractivity contribution is 0.00762. The van der Waals surface area contributed by atoms with E-state index in [4.69, 9.17) is 0 Å². The summed E-state index contributed by atoms with van der Waals surface area (Å²) < 4.78 is 13.9. The molecule has 29 heavy (non-hydrogen) atoms. The van der Waals surface area contributed by atoms with Gasteiger partial charge < -0.3 is 9.80 Å². The zero-order valence-corrected chi connectivity index (χ0v) is 15.9. The number of hydrogen-bond donors (Lipinski definition) is 0. The summed E-state index contributed by atoms with van der Waals surface area (Å²) in [6, 6.07) is 6.03. The highest BCUT2D eigenvalue weighted by Crippen LogP contribution is 2.35. The maximum absolute atomic E-state index is 13.9. The van der Waals surface area contributed by atoms with E-state index in [0.717, 1.165) is 18.7 Å². The molecule has 8 nitrogen and oxygen atoms in total. The van der Waals surface area contributed by atoms with Crippen molar-refractivity contribution in [2.24, 2.45) is 5.92 Å². The lowest BCUT2D eigenvalue weighted by atomic mass is 9.81. The molecule has 2 fully saturated rings. The van der Waals surface area contributed by atoms with Gasteiger partial charge in [-0.05, 0) is 37.6 Å². The van der Waals surface area contributed by atoms with E-state index in [1.54, 1.807) is 6.20 Å². The monoisotopic (exact) mass is 393 g/mol. The van der Waals surface area contributed by atoms with Gasteiger partial charge in [0, 0.05) is 37.4 Å². The first-order chi connectivity index (χ1) is 14.1. The highest BCUT2D eigenvalue weighted by molar-refractivity contribution is 5.98. The summed E-state index contributed by atoms with van der Waals surface area (Å²) in [5.74, 6) is 0.472. The number of piperidine rings is 1. The van der Waals surface area contributed by atoms with Crippen LogP contribution in [0.1, 0.15) is 22.5 Å². The smallest absolute Gasteiger partial charge is 0.256 e. The summed E-state index contributed by atoms with van der Waals surface area (Å²) in [5.41, 5.74) is 1.65. The number of fused-ring (bicyclic) bond motifs is 1. The number of carbonyl (C=O) groups excluding carboxylic acids is 1. The van der Waals surface area contributed by atoms with E-state index in [-0.39, 0.29) is 17.5 Å². The minimum absolute atomic E-state index is 0.0575. The van der Waals surface area contributed by atoms with Crippen LogP contribution >= 0.6 is 0 Å². The van der Waals surface area contributed by atoms with Crippen molar-refractivity contribution in [2.45, 2.75) is 19.4 Å². The van der Waals surface area contributed by atoms with Gasteiger partial charge in [0.15, 0.2) is 0 Å². The summed E-state index contributed by atoms with van der Waals surface area (Å²) in [4.78, 5) is 27.5. The van der Waals surface area contributed by atoms with Crippen LogP contribution in [0, 0.1) is 18.7 Å². The first-order valence-electron chi connectivity index (χ1n) is 9.62. The van der Waals surface area contributed by atoms with Crippen molar-refractivity contribution in [1.82, 2.24) is 29.9 Å². The molecule has 2 unspecified atom stereocenters. The molecule has 2 saturated heterocycles. The summed E-state index contributed by atoms with van der Waals surface area (Å²) >= 11 is 0. The van der Waals surface area contributed by atoms with Crippen LogP contribution in [-0.4, -0.2) is 61.4 Å². The SMILES string of the molecule is Cc1ccnc(N2CCC3CN(C(=O)c4cc(F)ccc4-n4nccn4)C3C2)n1. The third-order valence-electron chi connectivity index (χ3n) is 5.70. The topological polar surface area (TPSA) is 80.0 Å². The molecule has 5 rings (SSSR count). The van der Waals surface area contributed by atoms with Crippen LogP contribution in [0.25, 0.3) is 5.69 Å². The average molecular weight is 393 g/mol. The Kier molecular flexibility index (Phi) is 4.22. The molecule has 1 amide bonds. The van der Waals surface area contributed by atoms with Gasteiger partial charge in [-0.2, -0.15) is 15.0 Å². The first-order valence-corrected chi connectivity index (χ1v) is 9.62. The van der Waals surface area contributed by atoms with E-state index in [9.17, 15) is 9.18 Å². The van der Waals surface area contributed by atoms with Crippen LogP contribution in [0.2, 0.25) is 0 Å². The molecule has 148 valence electrons. The van der Waals surface area contributed by atoms with Crippen LogP contribution in [0.3, 0.4) is 0 Å². The maximum Gasteiger partial charge on any atom is 0.256 e. The van der Waals surface area contributed by atoms with Gasteiger partial charge in [-0.3, -0.25) is 4.79 Å². The number of halogens is 1. The van der Waals surface area contributed by atoms with Crippen molar-refractivity contribution in [2.75, 3.05) is 24.5 Å². The van der Waals surface area contributed by atoms with Gasteiger partial charge in [0.1, 0.15) is 5.82 Å². The Morgan fingerprint density at radius 1 is 1.14 bits per heavy atom. The van der Waals surface area contributed by atoms with Crippen LogP contribution in [0.5, 0.6) is 0 Å². The van der Waals surface area contributed by atoms with Gasteiger partial charge in [0.2, 0.25) is 5.95 Å². The predicted octanol–water partition coefficient (Wildman–Crippen LogP) is 1.86. The summed E-state index contributed by atoms with van der Waals surface area (Å²) in [6.07, 6.45) is 5.78. The Bertz CT molecular complexity index is 1050. The van der Waals surface area contributed by atoms with E-state index in [2.05, 4.69) is 25.1 Å². The number of nitrogens with zero attached hydrogens (tertiary/aromatic N) is 7. The summed E-state index contributed by atoms with van der Waals surface area (Å²) in [6.45, 7) is 4.15. The second-order valence-corrected chi connectivity index (χ2v) is 7.50. The van der Waals surface area contributed by atoms with Crippen molar-refractivity contribution < 1.29 is 9.18 Å². The molecular formula is C20H20FN7O. The molecule has 0 saturated carbocycles. The molecule has 4 heterocycles. The van der Waals surface area contributed by atoms with Gasteiger partial charge in [0.25, 0.3) is 5.91 Å². The third-order valence-corrected chi connectivity index (χ3v) is 5.70. The molecule has 2 atom stereocenters. The van der Waals surface area contributed by atoms with Gasteiger partial charge >= 0.3 is 0 Å². The number of rotatable bonds is 3. The minimum Gasteiger partial charge on any atom is -0.339 e. The van der Waals surface area contributed by atoms with E-state index in [1.165, 1.54) is 35.4 Å². The van der Waals surface area contributed by atoms with Crippen molar-refractivity contribution in [3.8, 4) is 5.69 Å². The molecule has 0 radical (unpaired) electrons. The summed E-state index contributed by atoms with van der Waals surface area (Å²) in [5, 5.41) is 8.18. The van der Waals surface area contributed by atoms with Crippen molar-refractivity contribution in [3.63, 3.8) is 0 Å². The van der Waals surface area contributed by atoms with Crippen molar-refractivity contribution in [1.29, 1.82) is 0 Å². The molecule has 1 aromatic carbocycles. The number of likely N-dealkylation sites (tertiary alicyclic amines) is 1. The number of aryl methyl sites for hydroxylation is 1. The zero-order chi connectivity index (χ0) is 20.0. The molecular weight excluding hydrogens is 373 g/mol. The molecule has 0 aliphatic carbocycles. The highest BCUT2D eigenvalue weighted by Gasteiger charge is 2.46.